The highest BCUT2D eigenvalue weighted by molar-refractivity contribution is 7.89. The number of benzene rings is 1. The van der Waals surface area contributed by atoms with Crippen molar-refractivity contribution in [2.45, 2.75) is 11.8 Å². The Morgan fingerprint density at radius 2 is 1.64 bits per heavy atom. The van der Waals surface area contributed by atoms with E-state index in [0.29, 0.717) is 31.7 Å². The van der Waals surface area contributed by atoms with E-state index in [1.165, 1.54) is 24.3 Å². The Labute approximate surface area is 146 Å². The van der Waals surface area contributed by atoms with Gasteiger partial charge >= 0.3 is 0 Å². The fourth-order valence-corrected chi connectivity index (χ4v) is 3.18. The summed E-state index contributed by atoms with van der Waals surface area (Å²) in [5.74, 6) is 0.672. The molecule has 3 rings (SSSR count). The molecule has 2 heterocycles. The first-order valence-electron chi connectivity index (χ1n) is 7.82. The first-order chi connectivity index (χ1) is 11.8. The number of aryl methyl sites for hydroxylation is 1. The molecule has 25 heavy (non-hydrogen) atoms. The second kappa shape index (κ2) is 6.77. The highest BCUT2D eigenvalue weighted by Gasteiger charge is 2.23. The first-order valence-corrected chi connectivity index (χ1v) is 9.36. The lowest BCUT2D eigenvalue weighted by atomic mass is 10.2. The lowest BCUT2D eigenvalue weighted by molar-refractivity contribution is 0.0746. The van der Waals surface area contributed by atoms with Crippen LogP contribution in [0.2, 0.25) is 0 Å². The third-order valence-corrected chi connectivity index (χ3v) is 5.03. The molecule has 2 aromatic rings. The third kappa shape index (κ3) is 3.94. The van der Waals surface area contributed by atoms with Crippen molar-refractivity contribution in [3.8, 4) is 0 Å². The first kappa shape index (κ1) is 17.3. The van der Waals surface area contributed by atoms with Gasteiger partial charge in [0.1, 0.15) is 0 Å². The fraction of sp³-hybridized carbons (Fsp3) is 0.312. The van der Waals surface area contributed by atoms with Crippen LogP contribution in [0.15, 0.2) is 41.3 Å². The number of hydrogen-bond acceptors (Lipinski definition) is 6. The molecule has 0 bridgehead atoms. The number of carbonyl (C=O) groups excluding carboxylic acids is 1. The van der Waals surface area contributed by atoms with Crippen molar-refractivity contribution < 1.29 is 13.2 Å². The molecular weight excluding hydrogens is 342 g/mol. The second-order valence-electron chi connectivity index (χ2n) is 5.88. The summed E-state index contributed by atoms with van der Waals surface area (Å²) in [5, 5.41) is 13.3. The molecule has 1 aromatic heterocycles. The molecule has 0 unspecified atom stereocenters. The van der Waals surface area contributed by atoms with Gasteiger partial charge in [0.25, 0.3) is 5.91 Å². The largest absolute Gasteiger partial charge is 0.352 e. The molecule has 1 saturated heterocycles. The Hall–Kier alpha value is -2.52. The Morgan fingerprint density at radius 1 is 1.00 bits per heavy atom. The Bertz CT molecular complexity index is 858. The van der Waals surface area contributed by atoms with Gasteiger partial charge in [-0.05, 0) is 43.3 Å². The number of hydrogen-bond donors (Lipinski definition) is 1. The zero-order chi connectivity index (χ0) is 18.0. The van der Waals surface area contributed by atoms with E-state index < -0.39 is 10.0 Å². The van der Waals surface area contributed by atoms with Crippen LogP contribution in [0, 0.1) is 6.92 Å². The zero-order valence-corrected chi connectivity index (χ0v) is 14.6. The number of amides is 1. The summed E-state index contributed by atoms with van der Waals surface area (Å²) >= 11 is 0. The lowest BCUT2D eigenvalue weighted by Crippen LogP contribution is -2.49. The van der Waals surface area contributed by atoms with Gasteiger partial charge in [0.15, 0.2) is 5.82 Å². The summed E-state index contributed by atoms with van der Waals surface area (Å²) in [6, 6.07) is 9.50. The highest BCUT2D eigenvalue weighted by atomic mass is 32.2. The monoisotopic (exact) mass is 361 g/mol. The summed E-state index contributed by atoms with van der Waals surface area (Å²) in [6.07, 6.45) is 0. The maximum atomic E-state index is 12.5. The fourth-order valence-electron chi connectivity index (χ4n) is 2.67. The number of rotatable bonds is 3. The topological polar surface area (TPSA) is 109 Å². The number of sulfonamides is 1. The Balaban J connectivity index is 1.64. The number of primary sulfonamides is 1. The van der Waals surface area contributed by atoms with Crippen LogP contribution in [0.1, 0.15) is 16.1 Å². The van der Waals surface area contributed by atoms with Gasteiger partial charge in [-0.3, -0.25) is 4.79 Å². The number of nitrogens with two attached hydrogens (primary N) is 1. The van der Waals surface area contributed by atoms with Crippen molar-refractivity contribution in [1.29, 1.82) is 0 Å². The van der Waals surface area contributed by atoms with E-state index in [1.54, 1.807) is 4.90 Å². The van der Waals surface area contributed by atoms with Crippen LogP contribution in [0.4, 0.5) is 5.82 Å². The van der Waals surface area contributed by atoms with E-state index in [0.717, 1.165) is 11.5 Å². The second-order valence-corrected chi connectivity index (χ2v) is 7.44. The van der Waals surface area contributed by atoms with Gasteiger partial charge in [-0.15, -0.1) is 5.10 Å². The number of aromatic nitrogens is 2. The predicted molar refractivity (Wildman–Crippen MR) is 92.7 cm³/mol. The molecule has 0 saturated carbocycles. The van der Waals surface area contributed by atoms with Crippen LogP contribution in [-0.2, 0) is 10.0 Å². The molecule has 0 atom stereocenters. The summed E-state index contributed by atoms with van der Waals surface area (Å²) in [4.78, 5) is 16.4. The predicted octanol–water partition coefficient (Wildman–Crippen LogP) is 0.395. The summed E-state index contributed by atoms with van der Waals surface area (Å²) in [7, 11) is -3.76. The van der Waals surface area contributed by atoms with Crippen molar-refractivity contribution in [2.24, 2.45) is 5.14 Å². The van der Waals surface area contributed by atoms with Crippen LogP contribution < -0.4 is 10.0 Å². The third-order valence-electron chi connectivity index (χ3n) is 4.10. The SMILES string of the molecule is Cc1ccc(N2CCN(C(=O)c3ccc(S(N)(=O)=O)cc3)CC2)nn1. The lowest BCUT2D eigenvalue weighted by Gasteiger charge is -2.35. The van der Waals surface area contributed by atoms with Crippen molar-refractivity contribution >= 4 is 21.7 Å². The number of carbonyl (C=O) groups is 1. The van der Waals surface area contributed by atoms with Gasteiger partial charge in [-0.25, -0.2) is 13.6 Å². The molecule has 0 radical (unpaired) electrons. The summed E-state index contributed by atoms with van der Waals surface area (Å²) in [6.45, 7) is 4.34. The van der Waals surface area contributed by atoms with Crippen molar-refractivity contribution in [3.63, 3.8) is 0 Å². The molecular formula is C16H19N5O3S. The van der Waals surface area contributed by atoms with E-state index in [2.05, 4.69) is 15.1 Å². The summed E-state index contributed by atoms with van der Waals surface area (Å²) in [5.41, 5.74) is 1.30. The zero-order valence-electron chi connectivity index (χ0n) is 13.8. The maximum absolute atomic E-state index is 12.5. The highest BCUT2D eigenvalue weighted by Crippen LogP contribution is 2.16. The van der Waals surface area contributed by atoms with E-state index in [4.69, 9.17) is 5.14 Å². The minimum absolute atomic E-state index is 0.00758. The van der Waals surface area contributed by atoms with Gasteiger partial charge in [0.2, 0.25) is 10.0 Å². The molecule has 0 aliphatic carbocycles. The van der Waals surface area contributed by atoms with Crippen molar-refractivity contribution in [3.05, 3.63) is 47.7 Å². The van der Waals surface area contributed by atoms with Crippen LogP contribution in [-0.4, -0.2) is 55.6 Å². The van der Waals surface area contributed by atoms with Gasteiger partial charge in [0, 0.05) is 31.7 Å². The van der Waals surface area contributed by atoms with Gasteiger partial charge in [-0.2, -0.15) is 5.10 Å². The number of anilines is 1. The van der Waals surface area contributed by atoms with Crippen molar-refractivity contribution in [2.75, 3.05) is 31.1 Å². The Kier molecular flexibility index (Phi) is 4.69. The van der Waals surface area contributed by atoms with Crippen LogP contribution in [0.3, 0.4) is 0 Å². The van der Waals surface area contributed by atoms with Gasteiger partial charge < -0.3 is 9.80 Å². The molecule has 1 aliphatic heterocycles. The van der Waals surface area contributed by atoms with Crippen LogP contribution >= 0.6 is 0 Å². The molecule has 1 amide bonds. The minimum Gasteiger partial charge on any atom is -0.352 e. The number of nitrogens with zero attached hydrogens (tertiary/aromatic N) is 4. The molecule has 9 heteroatoms. The standard InChI is InChI=1S/C16H19N5O3S/c1-12-2-7-15(19-18-12)20-8-10-21(11-9-20)16(22)13-3-5-14(6-4-13)25(17,23)24/h2-7H,8-11H2,1H3,(H2,17,23,24). The van der Waals surface area contributed by atoms with E-state index in [9.17, 15) is 13.2 Å². The van der Waals surface area contributed by atoms with Gasteiger partial charge in [0.05, 0.1) is 10.6 Å². The Morgan fingerprint density at radius 3 is 2.16 bits per heavy atom. The smallest absolute Gasteiger partial charge is 0.253 e. The molecule has 8 nitrogen and oxygen atoms in total. The van der Waals surface area contributed by atoms with Crippen LogP contribution in [0.5, 0.6) is 0 Å². The molecule has 132 valence electrons. The van der Waals surface area contributed by atoms with E-state index in [1.807, 2.05) is 19.1 Å². The average molecular weight is 361 g/mol. The normalized spacial score (nSPS) is 15.3. The number of piperazine rings is 1. The molecule has 1 aromatic carbocycles. The van der Waals surface area contributed by atoms with E-state index >= 15 is 0 Å². The minimum atomic E-state index is -3.76. The summed E-state index contributed by atoms with van der Waals surface area (Å²) < 4.78 is 22.5. The van der Waals surface area contributed by atoms with E-state index in [-0.39, 0.29) is 10.8 Å². The van der Waals surface area contributed by atoms with Gasteiger partial charge in [-0.1, -0.05) is 0 Å². The van der Waals surface area contributed by atoms with Crippen LogP contribution in [0.25, 0.3) is 0 Å². The quantitative estimate of drug-likeness (QED) is 0.847. The maximum Gasteiger partial charge on any atom is 0.253 e. The molecule has 1 fully saturated rings. The molecule has 0 spiro atoms. The molecule has 1 aliphatic rings. The van der Waals surface area contributed by atoms with Crippen molar-refractivity contribution in [1.82, 2.24) is 15.1 Å². The average Bonchev–Trinajstić information content (AvgIpc) is 2.61. The molecule has 2 N–H and O–H groups in total.